The standard InChI is InChI=1S/C31H35Cl2N3O4S/c1-3-29(31(38)34-25-11-5-6-12-25)35(20-23-9-4-7-14-28(23)33)30(37)21-36(26-13-8-10-24(32)19-26)41(39,40)27-17-15-22(2)16-18-27/h4,7-10,13-19,25,29H,3,5-6,11-12,20-21H2,1-2H3,(H,34,38). The van der Waals surface area contributed by atoms with Crippen molar-refractivity contribution in [2.24, 2.45) is 0 Å². The average Bonchev–Trinajstić information content (AvgIpc) is 3.45. The first-order valence-electron chi connectivity index (χ1n) is 13.8. The third-order valence-corrected chi connectivity index (χ3v) is 9.76. The third-order valence-electron chi connectivity index (χ3n) is 7.37. The lowest BCUT2D eigenvalue weighted by atomic mass is 10.1. The fourth-order valence-corrected chi connectivity index (χ4v) is 6.88. The molecular weight excluding hydrogens is 581 g/mol. The lowest BCUT2D eigenvalue weighted by Crippen LogP contribution is -2.53. The van der Waals surface area contributed by atoms with Crippen LogP contribution in [0.5, 0.6) is 0 Å². The van der Waals surface area contributed by atoms with Gasteiger partial charge in [0.25, 0.3) is 10.0 Å². The Morgan fingerprint density at radius 3 is 2.29 bits per heavy atom. The molecule has 3 aromatic rings. The fraction of sp³-hybridized carbons (Fsp3) is 0.355. The number of carbonyl (C=O) groups excluding carboxylic acids is 2. The summed E-state index contributed by atoms with van der Waals surface area (Å²) in [5.41, 5.74) is 1.80. The monoisotopic (exact) mass is 615 g/mol. The van der Waals surface area contributed by atoms with Crippen LogP contribution in [0.1, 0.15) is 50.2 Å². The number of aryl methyl sites for hydroxylation is 1. The van der Waals surface area contributed by atoms with Crippen LogP contribution in [-0.4, -0.2) is 43.8 Å². The van der Waals surface area contributed by atoms with Gasteiger partial charge in [-0.3, -0.25) is 13.9 Å². The van der Waals surface area contributed by atoms with Crippen LogP contribution in [0, 0.1) is 6.92 Å². The van der Waals surface area contributed by atoms with Crippen molar-refractivity contribution < 1.29 is 18.0 Å². The summed E-state index contributed by atoms with van der Waals surface area (Å²) in [4.78, 5) is 29.2. The molecule has 218 valence electrons. The molecule has 7 nitrogen and oxygen atoms in total. The van der Waals surface area contributed by atoms with E-state index in [0.717, 1.165) is 35.6 Å². The van der Waals surface area contributed by atoms with E-state index in [1.165, 1.54) is 23.1 Å². The highest BCUT2D eigenvalue weighted by Crippen LogP contribution is 2.28. The normalized spacial score (nSPS) is 14.4. The first kappa shape index (κ1) is 30.9. The van der Waals surface area contributed by atoms with Crippen molar-refractivity contribution in [1.82, 2.24) is 10.2 Å². The molecule has 0 spiro atoms. The molecule has 1 aliphatic rings. The molecule has 41 heavy (non-hydrogen) atoms. The molecule has 4 rings (SSSR count). The predicted molar refractivity (Wildman–Crippen MR) is 164 cm³/mol. The summed E-state index contributed by atoms with van der Waals surface area (Å²) in [6, 6.07) is 19.2. The second kappa shape index (κ2) is 13.7. The number of amides is 2. The van der Waals surface area contributed by atoms with Gasteiger partial charge in [0.2, 0.25) is 11.8 Å². The Morgan fingerprint density at radius 2 is 1.66 bits per heavy atom. The fourth-order valence-electron chi connectivity index (χ4n) is 5.09. The van der Waals surface area contributed by atoms with Crippen molar-refractivity contribution in [3.05, 3.63) is 94.0 Å². The van der Waals surface area contributed by atoms with Crippen molar-refractivity contribution in [3.63, 3.8) is 0 Å². The van der Waals surface area contributed by atoms with Gasteiger partial charge in [0.05, 0.1) is 10.6 Å². The van der Waals surface area contributed by atoms with Crippen LogP contribution in [-0.2, 0) is 26.2 Å². The molecule has 0 saturated heterocycles. The lowest BCUT2D eigenvalue weighted by molar-refractivity contribution is -0.140. The van der Waals surface area contributed by atoms with Gasteiger partial charge in [-0.2, -0.15) is 0 Å². The predicted octanol–water partition coefficient (Wildman–Crippen LogP) is 6.36. The van der Waals surface area contributed by atoms with Crippen LogP contribution in [0.25, 0.3) is 0 Å². The van der Waals surface area contributed by atoms with E-state index in [0.29, 0.717) is 22.0 Å². The van der Waals surface area contributed by atoms with E-state index < -0.39 is 28.5 Å². The Bertz CT molecular complexity index is 1470. The minimum Gasteiger partial charge on any atom is -0.352 e. The van der Waals surface area contributed by atoms with Crippen LogP contribution in [0.3, 0.4) is 0 Å². The number of carbonyl (C=O) groups is 2. The number of nitrogens with zero attached hydrogens (tertiary/aromatic N) is 2. The molecule has 1 fully saturated rings. The van der Waals surface area contributed by atoms with Crippen molar-refractivity contribution >= 4 is 50.7 Å². The van der Waals surface area contributed by atoms with E-state index >= 15 is 0 Å². The summed E-state index contributed by atoms with van der Waals surface area (Å²) in [6.07, 6.45) is 4.25. The van der Waals surface area contributed by atoms with E-state index in [1.807, 2.05) is 19.9 Å². The van der Waals surface area contributed by atoms with Gasteiger partial charge in [0.15, 0.2) is 0 Å². The van der Waals surface area contributed by atoms with E-state index in [4.69, 9.17) is 23.2 Å². The van der Waals surface area contributed by atoms with Gasteiger partial charge in [-0.05, 0) is 68.1 Å². The van der Waals surface area contributed by atoms with E-state index in [2.05, 4.69) is 5.32 Å². The van der Waals surface area contributed by atoms with Crippen LogP contribution >= 0.6 is 23.2 Å². The quantitative estimate of drug-likeness (QED) is 0.272. The maximum absolute atomic E-state index is 14.2. The number of sulfonamides is 1. The molecule has 0 aromatic heterocycles. The Hall–Kier alpha value is -3.07. The third kappa shape index (κ3) is 7.61. The zero-order chi connectivity index (χ0) is 29.6. The summed E-state index contributed by atoms with van der Waals surface area (Å²) in [5, 5.41) is 3.89. The van der Waals surface area contributed by atoms with Gasteiger partial charge < -0.3 is 10.2 Å². The Kier molecular flexibility index (Phi) is 10.3. The Morgan fingerprint density at radius 1 is 0.976 bits per heavy atom. The maximum atomic E-state index is 14.2. The number of halogens is 2. The lowest BCUT2D eigenvalue weighted by Gasteiger charge is -2.34. The zero-order valence-electron chi connectivity index (χ0n) is 23.2. The number of nitrogens with one attached hydrogen (secondary N) is 1. The van der Waals surface area contributed by atoms with Gasteiger partial charge in [-0.25, -0.2) is 8.42 Å². The van der Waals surface area contributed by atoms with E-state index in [1.54, 1.807) is 48.5 Å². The van der Waals surface area contributed by atoms with Crippen molar-refractivity contribution in [1.29, 1.82) is 0 Å². The second-order valence-electron chi connectivity index (χ2n) is 10.3. The molecule has 2 amide bonds. The average molecular weight is 617 g/mol. The summed E-state index contributed by atoms with van der Waals surface area (Å²) in [6.45, 7) is 3.21. The Balaban J connectivity index is 1.72. The van der Waals surface area contributed by atoms with Crippen LogP contribution in [0.2, 0.25) is 10.0 Å². The van der Waals surface area contributed by atoms with E-state index in [-0.39, 0.29) is 29.1 Å². The molecule has 1 N–H and O–H groups in total. The number of hydrogen-bond acceptors (Lipinski definition) is 4. The second-order valence-corrected chi connectivity index (χ2v) is 13.0. The van der Waals surface area contributed by atoms with Crippen LogP contribution in [0.4, 0.5) is 5.69 Å². The highest BCUT2D eigenvalue weighted by molar-refractivity contribution is 7.92. The van der Waals surface area contributed by atoms with Gasteiger partial charge in [-0.15, -0.1) is 0 Å². The molecule has 1 aliphatic carbocycles. The number of anilines is 1. The van der Waals surface area contributed by atoms with Crippen LogP contribution in [0.15, 0.2) is 77.7 Å². The smallest absolute Gasteiger partial charge is 0.264 e. The maximum Gasteiger partial charge on any atom is 0.264 e. The number of benzene rings is 3. The summed E-state index contributed by atoms with van der Waals surface area (Å²) in [7, 11) is -4.17. The van der Waals surface area contributed by atoms with Crippen LogP contribution < -0.4 is 9.62 Å². The minimum atomic E-state index is -4.17. The SMILES string of the molecule is CCC(C(=O)NC1CCCC1)N(Cc1ccccc1Cl)C(=O)CN(c1cccc(Cl)c1)S(=O)(=O)c1ccc(C)cc1. The van der Waals surface area contributed by atoms with E-state index in [9.17, 15) is 18.0 Å². The zero-order valence-corrected chi connectivity index (χ0v) is 25.6. The highest BCUT2D eigenvalue weighted by Gasteiger charge is 2.34. The van der Waals surface area contributed by atoms with Gasteiger partial charge in [-0.1, -0.05) is 84.9 Å². The minimum absolute atomic E-state index is 0.0412. The molecular formula is C31H35Cl2N3O4S. The molecule has 0 radical (unpaired) electrons. The number of hydrogen-bond donors (Lipinski definition) is 1. The molecule has 1 unspecified atom stereocenters. The van der Waals surface area contributed by atoms with Crippen molar-refractivity contribution in [2.45, 2.75) is 69.5 Å². The van der Waals surface area contributed by atoms with Crippen molar-refractivity contribution in [2.75, 3.05) is 10.8 Å². The number of rotatable bonds is 11. The molecule has 1 saturated carbocycles. The summed E-state index contributed by atoms with van der Waals surface area (Å²) >= 11 is 12.7. The van der Waals surface area contributed by atoms with Gasteiger partial charge >= 0.3 is 0 Å². The molecule has 1 atom stereocenters. The first-order chi connectivity index (χ1) is 19.6. The summed E-state index contributed by atoms with van der Waals surface area (Å²) < 4.78 is 28.9. The van der Waals surface area contributed by atoms with Gasteiger partial charge in [0.1, 0.15) is 12.6 Å². The molecule has 0 aliphatic heterocycles. The molecule has 3 aromatic carbocycles. The molecule has 0 heterocycles. The van der Waals surface area contributed by atoms with Crippen molar-refractivity contribution in [3.8, 4) is 0 Å². The molecule has 10 heteroatoms. The van der Waals surface area contributed by atoms with Gasteiger partial charge in [0, 0.05) is 22.6 Å². The summed E-state index contributed by atoms with van der Waals surface area (Å²) in [5.74, 6) is -0.787. The largest absolute Gasteiger partial charge is 0.352 e. The first-order valence-corrected chi connectivity index (χ1v) is 16.0. The molecule has 0 bridgehead atoms. The Labute approximate surface area is 252 Å². The highest BCUT2D eigenvalue weighted by atomic mass is 35.5. The topological polar surface area (TPSA) is 86.8 Å².